The molecular formula is C10H15NO. The summed E-state index contributed by atoms with van der Waals surface area (Å²) in [6.45, 7) is 4.35. The molecule has 2 heteroatoms. The highest BCUT2D eigenvalue weighted by Gasteiger charge is 2.39. The van der Waals surface area contributed by atoms with Crippen LogP contribution in [0.5, 0.6) is 0 Å². The van der Waals surface area contributed by atoms with Crippen molar-refractivity contribution in [1.82, 2.24) is 5.32 Å². The van der Waals surface area contributed by atoms with Crippen molar-refractivity contribution < 1.29 is 4.42 Å². The van der Waals surface area contributed by atoms with Gasteiger partial charge in [-0.3, -0.25) is 0 Å². The molecule has 2 rings (SSSR count). The molecule has 1 aliphatic rings. The number of hydrogen-bond donors (Lipinski definition) is 1. The third-order valence-electron chi connectivity index (χ3n) is 2.49. The Morgan fingerprint density at radius 2 is 2.58 bits per heavy atom. The van der Waals surface area contributed by atoms with Crippen molar-refractivity contribution >= 4 is 0 Å². The standard InChI is InChI=1S/C10H15NO/c1-2-11-7-8-6-9(8)10-4-3-5-12-10/h3-5,8-9,11H,2,6-7H2,1H3. The zero-order valence-corrected chi connectivity index (χ0v) is 7.42. The zero-order valence-electron chi connectivity index (χ0n) is 7.42. The molecule has 66 valence electrons. The lowest BCUT2D eigenvalue weighted by molar-refractivity contribution is 0.499. The summed E-state index contributed by atoms with van der Waals surface area (Å²) >= 11 is 0. The van der Waals surface area contributed by atoms with E-state index in [-0.39, 0.29) is 0 Å². The Labute approximate surface area is 73.0 Å². The summed E-state index contributed by atoms with van der Waals surface area (Å²) in [6.07, 6.45) is 3.05. The van der Waals surface area contributed by atoms with Crippen LogP contribution in [0.1, 0.15) is 25.0 Å². The van der Waals surface area contributed by atoms with E-state index >= 15 is 0 Å². The number of furan rings is 1. The van der Waals surface area contributed by atoms with E-state index in [1.807, 2.05) is 6.07 Å². The molecule has 1 aromatic rings. The minimum Gasteiger partial charge on any atom is -0.469 e. The Morgan fingerprint density at radius 3 is 3.25 bits per heavy atom. The molecule has 1 N–H and O–H groups in total. The highest BCUT2D eigenvalue weighted by atomic mass is 16.3. The van der Waals surface area contributed by atoms with Crippen molar-refractivity contribution in [2.45, 2.75) is 19.3 Å². The second kappa shape index (κ2) is 3.31. The molecule has 2 atom stereocenters. The second-order valence-electron chi connectivity index (χ2n) is 3.43. The Bertz CT molecular complexity index is 230. The average Bonchev–Trinajstić information content (AvgIpc) is 2.64. The first-order valence-electron chi connectivity index (χ1n) is 4.66. The highest BCUT2D eigenvalue weighted by Crippen LogP contribution is 2.46. The molecule has 0 bridgehead atoms. The van der Waals surface area contributed by atoms with Gasteiger partial charge in [0.1, 0.15) is 5.76 Å². The van der Waals surface area contributed by atoms with Gasteiger partial charge < -0.3 is 9.73 Å². The van der Waals surface area contributed by atoms with E-state index in [9.17, 15) is 0 Å². The third-order valence-corrected chi connectivity index (χ3v) is 2.49. The lowest BCUT2D eigenvalue weighted by Gasteiger charge is -1.97. The largest absolute Gasteiger partial charge is 0.469 e. The number of nitrogens with one attached hydrogen (secondary N) is 1. The van der Waals surface area contributed by atoms with Gasteiger partial charge in [0.15, 0.2) is 0 Å². The van der Waals surface area contributed by atoms with Crippen LogP contribution in [0.4, 0.5) is 0 Å². The molecule has 2 unspecified atom stereocenters. The third kappa shape index (κ3) is 1.53. The Hall–Kier alpha value is -0.760. The van der Waals surface area contributed by atoms with E-state index < -0.39 is 0 Å². The fourth-order valence-corrected chi connectivity index (χ4v) is 1.65. The van der Waals surface area contributed by atoms with E-state index in [1.165, 1.54) is 6.42 Å². The minimum absolute atomic E-state index is 0.694. The van der Waals surface area contributed by atoms with Gasteiger partial charge in [0.05, 0.1) is 6.26 Å². The maximum atomic E-state index is 5.34. The highest BCUT2D eigenvalue weighted by molar-refractivity contribution is 5.15. The van der Waals surface area contributed by atoms with Crippen molar-refractivity contribution in [2.75, 3.05) is 13.1 Å². The van der Waals surface area contributed by atoms with E-state index in [2.05, 4.69) is 18.3 Å². The van der Waals surface area contributed by atoms with Gasteiger partial charge in [0.25, 0.3) is 0 Å². The van der Waals surface area contributed by atoms with Crippen LogP contribution in [0.2, 0.25) is 0 Å². The molecule has 12 heavy (non-hydrogen) atoms. The fraction of sp³-hybridized carbons (Fsp3) is 0.600. The topological polar surface area (TPSA) is 25.2 Å². The van der Waals surface area contributed by atoms with Crippen molar-refractivity contribution in [2.24, 2.45) is 5.92 Å². The lowest BCUT2D eigenvalue weighted by atomic mass is 10.2. The van der Waals surface area contributed by atoms with Crippen LogP contribution in [0, 0.1) is 5.92 Å². The molecule has 0 spiro atoms. The van der Waals surface area contributed by atoms with E-state index in [0.717, 1.165) is 24.8 Å². The Morgan fingerprint density at radius 1 is 1.67 bits per heavy atom. The molecule has 1 fully saturated rings. The van der Waals surface area contributed by atoms with E-state index in [1.54, 1.807) is 6.26 Å². The fourth-order valence-electron chi connectivity index (χ4n) is 1.65. The van der Waals surface area contributed by atoms with Gasteiger partial charge in [-0.05, 0) is 37.6 Å². The van der Waals surface area contributed by atoms with Crippen molar-refractivity contribution in [1.29, 1.82) is 0 Å². The number of rotatable bonds is 4. The minimum atomic E-state index is 0.694. The summed E-state index contributed by atoms with van der Waals surface area (Å²) in [5, 5.41) is 3.36. The predicted molar refractivity (Wildman–Crippen MR) is 48.1 cm³/mol. The van der Waals surface area contributed by atoms with Gasteiger partial charge >= 0.3 is 0 Å². The molecule has 0 aliphatic heterocycles. The Balaban J connectivity index is 1.81. The van der Waals surface area contributed by atoms with Crippen LogP contribution in [0.3, 0.4) is 0 Å². The summed E-state index contributed by atoms with van der Waals surface area (Å²) in [4.78, 5) is 0. The van der Waals surface area contributed by atoms with Crippen LogP contribution >= 0.6 is 0 Å². The van der Waals surface area contributed by atoms with Gasteiger partial charge in [0, 0.05) is 5.92 Å². The molecule has 1 saturated carbocycles. The van der Waals surface area contributed by atoms with Crippen LogP contribution in [0.15, 0.2) is 22.8 Å². The van der Waals surface area contributed by atoms with Gasteiger partial charge in [-0.2, -0.15) is 0 Å². The zero-order chi connectivity index (χ0) is 8.39. The first-order chi connectivity index (χ1) is 5.92. The van der Waals surface area contributed by atoms with Crippen LogP contribution in [-0.2, 0) is 0 Å². The normalized spacial score (nSPS) is 27.4. The maximum absolute atomic E-state index is 5.34. The Kier molecular flexibility index (Phi) is 2.17. The maximum Gasteiger partial charge on any atom is 0.107 e. The number of hydrogen-bond acceptors (Lipinski definition) is 2. The van der Waals surface area contributed by atoms with Gasteiger partial charge in [-0.1, -0.05) is 6.92 Å². The quantitative estimate of drug-likeness (QED) is 0.738. The lowest BCUT2D eigenvalue weighted by Crippen LogP contribution is -2.16. The van der Waals surface area contributed by atoms with Crippen molar-refractivity contribution in [3.8, 4) is 0 Å². The molecule has 0 saturated heterocycles. The molecular weight excluding hydrogens is 150 g/mol. The predicted octanol–water partition coefficient (Wildman–Crippen LogP) is 1.99. The first-order valence-corrected chi connectivity index (χ1v) is 4.66. The monoisotopic (exact) mass is 165 g/mol. The summed E-state index contributed by atoms with van der Waals surface area (Å²) < 4.78 is 5.34. The smallest absolute Gasteiger partial charge is 0.107 e. The van der Waals surface area contributed by atoms with E-state index in [0.29, 0.717) is 5.92 Å². The molecule has 1 aromatic heterocycles. The van der Waals surface area contributed by atoms with Crippen molar-refractivity contribution in [3.05, 3.63) is 24.2 Å². The van der Waals surface area contributed by atoms with Gasteiger partial charge in [-0.25, -0.2) is 0 Å². The summed E-state index contributed by atoms with van der Waals surface area (Å²) in [6, 6.07) is 4.05. The molecule has 0 amide bonds. The molecule has 1 aliphatic carbocycles. The summed E-state index contributed by atoms with van der Waals surface area (Å²) in [5.74, 6) is 2.67. The molecule has 0 radical (unpaired) electrons. The van der Waals surface area contributed by atoms with E-state index in [4.69, 9.17) is 4.42 Å². The van der Waals surface area contributed by atoms with Crippen LogP contribution in [0.25, 0.3) is 0 Å². The van der Waals surface area contributed by atoms with Gasteiger partial charge in [-0.15, -0.1) is 0 Å². The van der Waals surface area contributed by atoms with Crippen LogP contribution < -0.4 is 5.32 Å². The molecule has 1 heterocycles. The first kappa shape index (κ1) is 7.87. The SMILES string of the molecule is CCNCC1CC1c1ccco1. The average molecular weight is 165 g/mol. The molecule has 2 nitrogen and oxygen atoms in total. The van der Waals surface area contributed by atoms with Crippen LogP contribution in [-0.4, -0.2) is 13.1 Å². The van der Waals surface area contributed by atoms with Gasteiger partial charge in [0.2, 0.25) is 0 Å². The second-order valence-corrected chi connectivity index (χ2v) is 3.43. The molecule has 0 aromatic carbocycles. The summed E-state index contributed by atoms with van der Waals surface area (Å²) in [7, 11) is 0. The summed E-state index contributed by atoms with van der Waals surface area (Å²) in [5.41, 5.74) is 0. The van der Waals surface area contributed by atoms with Crippen molar-refractivity contribution in [3.63, 3.8) is 0 Å².